The molecule has 29 heavy (non-hydrogen) atoms. The minimum Gasteiger partial charge on any atom is -0.494 e. The highest BCUT2D eigenvalue weighted by Gasteiger charge is 2.24. The van der Waals surface area contributed by atoms with Crippen molar-refractivity contribution in [1.82, 2.24) is 0 Å². The summed E-state index contributed by atoms with van der Waals surface area (Å²) < 4.78 is 36.1. The highest BCUT2D eigenvalue weighted by atomic mass is 32.2. The van der Waals surface area contributed by atoms with Crippen LogP contribution in [0.1, 0.15) is 30.9 Å². The molecule has 0 radical (unpaired) electrons. The van der Waals surface area contributed by atoms with Gasteiger partial charge in [-0.3, -0.25) is 0 Å². The highest BCUT2D eigenvalue weighted by molar-refractivity contribution is 7.91. The molecular weight excluding hydrogens is 392 g/mol. The lowest BCUT2D eigenvalue weighted by Gasteiger charge is -2.10. The van der Waals surface area contributed by atoms with Crippen molar-refractivity contribution in [2.24, 2.45) is 0 Å². The van der Waals surface area contributed by atoms with Crippen LogP contribution in [0.5, 0.6) is 11.5 Å². The lowest BCUT2D eigenvalue weighted by molar-refractivity contribution is -0.132. The molecule has 0 aromatic heterocycles. The molecule has 6 nitrogen and oxygen atoms in total. The van der Waals surface area contributed by atoms with Gasteiger partial charge in [0.25, 0.3) is 0 Å². The quantitative estimate of drug-likeness (QED) is 0.705. The third-order valence-corrected chi connectivity index (χ3v) is 6.40. The predicted molar refractivity (Wildman–Crippen MR) is 110 cm³/mol. The summed E-state index contributed by atoms with van der Waals surface area (Å²) in [6.07, 6.45) is 3.05. The Morgan fingerprint density at radius 2 is 1.72 bits per heavy atom. The van der Waals surface area contributed by atoms with Gasteiger partial charge in [0.1, 0.15) is 11.5 Å². The number of ether oxygens (including phenoxy) is 2. The Kier molecular flexibility index (Phi) is 6.59. The van der Waals surface area contributed by atoms with E-state index in [9.17, 15) is 18.3 Å². The number of hydrogen-bond acceptors (Lipinski definition) is 5. The van der Waals surface area contributed by atoms with Crippen LogP contribution in [0.15, 0.2) is 52.9 Å². The molecule has 1 heterocycles. The molecule has 0 spiro atoms. The van der Waals surface area contributed by atoms with E-state index in [2.05, 4.69) is 6.92 Å². The maximum Gasteiger partial charge on any atom is 0.331 e. The number of benzene rings is 2. The van der Waals surface area contributed by atoms with Crippen molar-refractivity contribution in [2.45, 2.75) is 31.1 Å². The van der Waals surface area contributed by atoms with Crippen molar-refractivity contribution < 1.29 is 27.8 Å². The first-order chi connectivity index (χ1) is 13.9. The maximum absolute atomic E-state index is 12.4. The van der Waals surface area contributed by atoms with Gasteiger partial charge in [0.15, 0.2) is 9.84 Å². The standard InChI is InChI=1S/C22H24O6S/c1-2-11-27-19-5-3-16(4-6-19)9-12-28-20-7-8-21-18(15-20)14-17(22(23)24)10-13-29(21,25)26/h3-8,14-15H,2,9-13H2,1H3,(H,23,24). The van der Waals surface area contributed by atoms with E-state index in [0.717, 1.165) is 17.7 Å². The monoisotopic (exact) mass is 416 g/mol. The molecule has 2 aromatic carbocycles. The highest BCUT2D eigenvalue weighted by Crippen LogP contribution is 2.29. The summed E-state index contributed by atoms with van der Waals surface area (Å²) in [6, 6.07) is 12.5. The Morgan fingerprint density at radius 1 is 1.03 bits per heavy atom. The molecule has 0 fully saturated rings. The molecule has 7 heteroatoms. The number of hydrogen-bond donors (Lipinski definition) is 1. The maximum atomic E-state index is 12.4. The summed E-state index contributed by atoms with van der Waals surface area (Å²) in [5, 5.41) is 9.26. The zero-order chi connectivity index (χ0) is 20.9. The first-order valence-corrected chi connectivity index (χ1v) is 11.2. The molecule has 0 atom stereocenters. The summed E-state index contributed by atoms with van der Waals surface area (Å²) in [6.45, 7) is 3.16. The van der Waals surface area contributed by atoms with Crippen molar-refractivity contribution in [3.8, 4) is 11.5 Å². The summed E-state index contributed by atoms with van der Waals surface area (Å²) in [7, 11) is -3.52. The van der Waals surface area contributed by atoms with Crippen molar-refractivity contribution in [1.29, 1.82) is 0 Å². The summed E-state index contributed by atoms with van der Waals surface area (Å²) in [5.74, 6) is 0.0241. The molecule has 0 bridgehead atoms. The van der Waals surface area contributed by atoms with E-state index in [1.807, 2.05) is 24.3 Å². The van der Waals surface area contributed by atoms with Crippen molar-refractivity contribution in [2.75, 3.05) is 19.0 Å². The number of fused-ring (bicyclic) bond motifs is 1. The van der Waals surface area contributed by atoms with Crippen LogP contribution in [0.3, 0.4) is 0 Å². The van der Waals surface area contributed by atoms with Gasteiger partial charge in [-0.25, -0.2) is 13.2 Å². The van der Waals surface area contributed by atoms with Gasteiger partial charge in [0.05, 0.1) is 23.9 Å². The number of aliphatic carboxylic acids is 1. The number of sulfone groups is 1. The van der Waals surface area contributed by atoms with Crippen LogP contribution in [0.4, 0.5) is 0 Å². The SMILES string of the molecule is CCCOc1ccc(CCOc2ccc3c(c2)C=C(C(=O)O)CCS3(=O)=O)cc1. The third kappa shape index (κ3) is 5.38. The van der Waals surface area contributed by atoms with Crippen LogP contribution in [0.2, 0.25) is 0 Å². The minimum atomic E-state index is -3.52. The molecule has 154 valence electrons. The smallest absolute Gasteiger partial charge is 0.331 e. The second-order valence-corrected chi connectivity index (χ2v) is 8.91. The van der Waals surface area contributed by atoms with Crippen LogP contribution in [-0.2, 0) is 21.1 Å². The van der Waals surface area contributed by atoms with E-state index in [-0.39, 0.29) is 22.6 Å². The van der Waals surface area contributed by atoms with Gasteiger partial charge >= 0.3 is 5.97 Å². The zero-order valence-corrected chi connectivity index (χ0v) is 17.1. The molecule has 1 aliphatic rings. The fourth-order valence-corrected chi connectivity index (χ4v) is 4.52. The van der Waals surface area contributed by atoms with E-state index in [1.54, 1.807) is 12.1 Å². The van der Waals surface area contributed by atoms with Crippen molar-refractivity contribution in [3.63, 3.8) is 0 Å². The summed E-state index contributed by atoms with van der Waals surface area (Å²) in [4.78, 5) is 11.5. The Hall–Kier alpha value is -2.80. The average molecular weight is 416 g/mol. The van der Waals surface area contributed by atoms with Crippen molar-refractivity contribution >= 4 is 21.9 Å². The first-order valence-electron chi connectivity index (χ1n) is 9.54. The van der Waals surface area contributed by atoms with Crippen LogP contribution < -0.4 is 9.47 Å². The fourth-order valence-electron chi connectivity index (χ4n) is 3.05. The molecule has 0 saturated heterocycles. The van der Waals surface area contributed by atoms with E-state index >= 15 is 0 Å². The van der Waals surface area contributed by atoms with Gasteiger partial charge in [0, 0.05) is 12.0 Å². The topological polar surface area (TPSA) is 89.9 Å². The Morgan fingerprint density at radius 3 is 2.41 bits per heavy atom. The number of carboxylic acids is 1. The Bertz CT molecular complexity index is 1010. The minimum absolute atomic E-state index is 0.0134. The summed E-state index contributed by atoms with van der Waals surface area (Å²) >= 11 is 0. The van der Waals surface area contributed by atoms with E-state index in [4.69, 9.17) is 9.47 Å². The van der Waals surface area contributed by atoms with Crippen LogP contribution in [-0.4, -0.2) is 38.5 Å². The largest absolute Gasteiger partial charge is 0.494 e. The zero-order valence-electron chi connectivity index (χ0n) is 16.3. The molecule has 2 aromatic rings. The molecule has 3 rings (SSSR count). The number of rotatable bonds is 8. The van der Waals surface area contributed by atoms with E-state index in [1.165, 1.54) is 12.1 Å². The Labute approximate surface area is 170 Å². The third-order valence-electron chi connectivity index (χ3n) is 4.62. The average Bonchev–Trinajstić information content (AvgIpc) is 2.83. The van der Waals surface area contributed by atoms with Gasteiger partial charge in [0.2, 0.25) is 0 Å². The van der Waals surface area contributed by atoms with Gasteiger partial charge in [-0.15, -0.1) is 0 Å². The molecule has 0 amide bonds. The van der Waals surface area contributed by atoms with E-state index in [0.29, 0.717) is 30.9 Å². The van der Waals surface area contributed by atoms with Crippen LogP contribution in [0, 0.1) is 0 Å². The van der Waals surface area contributed by atoms with E-state index < -0.39 is 15.8 Å². The molecule has 0 saturated carbocycles. The van der Waals surface area contributed by atoms with Gasteiger partial charge < -0.3 is 14.6 Å². The van der Waals surface area contributed by atoms with Crippen molar-refractivity contribution in [3.05, 3.63) is 59.2 Å². The number of carbonyl (C=O) groups is 1. The van der Waals surface area contributed by atoms with Gasteiger partial charge in [-0.2, -0.15) is 0 Å². The van der Waals surface area contributed by atoms with Crippen LogP contribution >= 0.6 is 0 Å². The predicted octanol–water partition coefficient (Wildman–Crippen LogP) is 3.74. The molecule has 0 unspecified atom stereocenters. The normalized spacial score (nSPS) is 15.0. The lowest BCUT2D eigenvalue weighted by Crippen LogP contribution is -2.09. The second-order valence-electron chi connectivity index (χ2n) is 6.83. The number of carboxylic acid groups (broad SMARTS) is 1. The molecule has 0 aliphatic carbocycles. The Balaban J connectivity index is 1.68. The summed E-state index contributed by atoms with van der Waals surface area (Å²) in [5.41, 5.74) is 1.53. The molecular formula is C22H24O6S. The van der Waals surface area contributed by atoms with Gasteiger partial charge in [-0.05, 0) is 60.4 Å². The second kappa shape index (κ2) is 9.13. The fraction of sp³-hybridized carbons (Fsp3) is 0.318. The molecule has 1 aliphatic heterocycles. The van der Waals surface area contributed by atoms with Gasteiger partial charge in [-0.1, -0.05) is 19.1 Å². The molecule has 1 N–H and O–H groups in total. The van der Waals surface area contributed by atoms with Crippen LogP contribution in [0.25, 0.3) is 6.08 Å². The lowest BCUT2D eigenvalue weighted by atomic mass is 10.1. The first kappa shape index (κ1) is 20.9.